The summed E-state index contributed by atoms with van der Waals surface area (Å²) < 4.78 is 15.2. The van der Waals surface area contributed by atoms with E-state index in [1.807, 2.05) is 12.5 Å². The van der Waals surface area contributed by atoms with Gasteiger partial charge in [0.25, 0.3) is 0 Å². The Labute approximate surface area is 116 Å². The molecule has 2 heterocycles. The predicted molar refractivity (Wildman–Crippen MR) is 72.7 cm³/mol. The van der Waals surface area contributed by atoms with Gasteiger partial charge in [-0.05, 0) is 37.1 Å². The molecule has 3 rings (SSSR count). The molecule has 1 aliphatic rings. The molecule has 0 amide bonds. The van der Waals surface area contributed by atoms with Gasteiger partial charge < -0.3 is 9.88 Å². The van der Waals surface area contributed by atoms with Crippen LogP contribution in [-0.4, -0.2) is 16.1 Å². The summed E-state index contributed by atoms with van der Waals surface area (Å²) >= 11 is 5.81. The number of imidazole rings is 1. The Kier molecular flexibility index (Phi) is 3.53. The molecule has 1 saturated heterocycles. The molecule has 100 valence electrons. The monoisotopic (exact) mass is 279 g/mol. The average molecular weight is 280 g/mol. The Bertz CT molecular complexity index is 576. The van der Waals surface area contributed by atoms with Crippen molar-refractivity contribution in [2.24, 2.45) is 0 Å². The Morgan fingerprint density at radius 3 is 3.11 bits per heavy atom. The van der Waals surface area contributed by atoms with E-state index in [0.29, 0.717) is 12.6 Å². The van der Waals surface area contributed by atoms with Crippen LogP contribution in [0.2, 0.25) is 5.02 Å². The molecular weight excluding hydrogens is 265 g/mol. The van der Waals surface area contributed by atoms with Gasteiger partial charge in [0, 0.05) is 18.8 Å². The molecule has 1 aliphatic heterocycles. The van der Waals surface area contributed by atoms with Crippen molar-refractivity contribution >= 4 is 11.6 Å². The second-order valence-electron chi connectivity index (χ2n) is 4.84. The van der Waals surface area contributed by atoms with Gasteiger partial charge in [-0.3, -0.25) is 0 Å². The quantitative estimate of drug-likeness (QED) is 0.935. The first-order chi connectivity index (χ1) is 9.24. The van der Waals surface area contributed by atoms with E-state index in [-0.39, 0.29) is 10.8 Å². The molecule has 0 unspecified atom stereocenters. The van der Waals surface area contributed by atoms with E-state index in [1.54, 1.807) is 12.1 Å². The summed E-state index contributed by atoms with van der Waals surface area (Å²) in [5.41, 5.74) is 2.15. The summed E-state index contributed by atoms with van der Waals surface area (Å²) in [6, 6.07) is 5.20. The maximum Gasteiger partial charge on any atom is 0.141 e. The Hall–Kier alpha value is -1.39. The van der Waals surface area contributed by atoms with E-state index in [4.69, 9.17) is 11.6 Å². The van der Waals surface area contributed by atoms with E-state index >= 15 is 0 Å². The zero-order chi connectivity index (χ0) is 13.2. The normalized spacial score (nSPS) is 18.9. The maximum absolute atomic E-state index is 13.1. The van der Waals surface area contributed by atoms with Gasteiger partial charge in [0.15, 0.2) is 0 Å². The van der Waals surface area contributed by atoms with E-state index in [1.165, 1.54) is 18.2 Å². The Balaban J connectivity index is 1.83. The summed E-state index contributed by atoms with van der Waals surface area (Å²) in [4.78, 5) is 4.22. The molecule has 0 saturated carbocycles. The molecule has 1 aromatic heterocycles. The minimum atomic E-state index is -0.381. The lowest BCUT2D eigenvalue weighted by Gasteiger charge is -2.14. The Morgan fingerprint density at radius 2 is 2.37 bits per heavy atom. The number of benzene rings is 1. The van der Waals surface area contributed by atoms with Gasteiger partial charge in [-0.2, -0.15) is 0 Å². The fourth-order valence-corrected chi connectivity index (χ4v) is 2.73. The van der Waals surface area contributed by atoms with E-state index in [2.05, 4.69) is 14.9 Å². The number of rotatable bonds is 3. The van der Waals surface area contributed by atoms with Crippen molar-refractivity contribution in [3.63, 3.8) is 0 Å². The van der Waals surface area contributed by atoms with E-state index in [0.717, 1.165) is 18.5 Å². The van der Waals surface area contributed by atoms with Gasteiger partial charge in [0.2, 0.25) is 0 Å². The van der Waals surface area contributed by atoms with Crippen LogP contribution in [0.4, 0.5) is 4.39 Å². The van der Waals surface area contributed by atoms with Crippen LogP contribution in [0.25, 0.3) is 0 Å². The maximum atomic E-state index is 13.1. The zero-order valence-corrected chi connectivity index (χ0v) is 11.2. The minimum Gasteiger partial charge on any atom is -0.329 e. The molecule has 19 heavy (non-hydrogen) atoms. The van der Waals surface area contributed by atoms with Crippen molar-refractivity contribution in [2.45, 2.75) is 25.4 Å². The highest BCUT2D eigenvalue weighted by atomic mass is 35.5. The standard InChI is InChI=1S/C14H15ClFN3/c15-11-6-10(3-4-12(11)16)8-19-9-17-7-14(19)13-2-1-5-18-13/h3-4,6-7,9,13,18H,1-2,5,8H2/t13-/m0/s1. The molecule has 1 fully saturated rings. The molecule has 0 aliphatic carbocycles. The highest BCUT2D eigenvalue weighted by molar-refractivity contribution is 6.30. The third-order valence-electron chi connectivity index (χ3n) is 3.50. The molecule has 0 radical (unpaired) electrons. The lowest BCUT2D eigenvalue weighted by atomic mass is 10.1. The number of nitrogens with zero attached hydrogens (tertiary/aromatic N) is 2. The summed E-state index contributed by atoms with van der Waals surface area (Å²) in [6.07, 6.45) is 6.04. The van der Waals surface area contributed by atoms with Gasteiger partial charge in [0.05, 0.1) is 17.0 Å². The second kappa shape index (κ2) is 5.31. The van der Waals surface area contributed by atoms with Crippen molar-refractivity contribution < 1.29 is 4.39 Å². The molecule has 0 spiro atoms. The molecule has 1 N–H and O–H groups in total. The van der Waals surface area contributed by atoms with Crippen LogP contribution in [0, 0.1) is 5.82 Å². The largest absolute Gasteiger partial charge is 0.329 e. The summed E-state index contributed by atoms with van der Waals surface area (Å²) in [5.74, 6) is -0.381. The highest BCUT2D eigenvalue weighted by Gasteiger charge is 2.19. The molecule has 1 atom stereocenters. The fourth-order valence-electron chi connectivity index (χ4n) is 2.52. The SMILES string of the molecule is Fc1ccc(Cn2cncc2[C@@H]2CCCN2)cc1Cl. The van der Waals surface area contributed by atoms with Crippen molar-refractivity contribution in [1.29, 1.82) is 0 Å². The number of hydrogen-bond acceptors (Lipinski definition) is 2. The first-order valence-electron chi connectivity index (χ1n) is 6.41. The number of halogens is 2. The van der Waals surface area contributed by atoms with Crippen LogP contribution < -0.4 is 5.32 Å². The van der Waals surface area contributed by atoms with Gasteiger partial charge in [0.1, 0.15) is 5.82 Å². The first-order valence-corrected chi connectivity index (χ1v) is 6.79. The zero-order valence-electron chi connectivity index (χ0n) is 10.4. The molecule has 2 aromatic rings. The van der Waals surface area contributed by atoms with E-state index < -0.39 is 0 Å². The van der Waals surface area contributed by atoms with Gasteiger partial charge in [-0.1, -0.05) is 17.7 Å². The third kappa shape index (κ3) is 2.65. The molecular formula is C14H15ClFN3. The lowest BCUT2D eigenvalue weighted by molar-refractivity contribution is 0.583. The topological polar surface area (TPSA) is 29.9 Å². The second-order valence-corrected chi connectivity index (χ2v) is 5.25. The minimum absolute atomic E-state index is 0.165. The fraction of sp³-hybridized carbons (Fsp3) is 0.357. The lowest BCUT2D eigenvalue weighted by Crippen LogP contribution is -2.17. The summed E-state index contributed by atoms with van der Waals surface area (Å²) in [7, 11) is 0. The first kappa shape index (κ1) is 12.6. The molecule has 0 bridgehead atoms. The number of nitrogens with one attached hydrogen (secondary N) is 1. The van der Waals surface area contributed by atoms with Crippen LogP contribution >= 0.6 is 11.6 Å². The van der Waals surface area contributed by atoms with Crippen LogP contribution in [0.1, 0.15) is 30.1 Å². The molecule has 5 heteroatoms. The summed E-state index contributed by atoms with van der Waals surface area (Å²) in [5, 5.41) is 3.62. The van der Waals surface area contributed by atoms with Crippen molar-refractivity contribution in [1.82, 2.24) is 14.9 Å². The van der Waals surface area contributed by atoms with Gasteiger partial charge in [-0.25, -0.2) is 9.37 Å². The number of hydrogen-bond donors (Lipinski definition) is 1. The van der Waals surface area contributed by atoms with Crippen LogP contribution in [0.3, 0.4) is 0 Å². The summed E-state index contributed by atoms with van der Waals surface area (Å²) in [6.45, 7) is 1.71. The van der Waals surface area contributed by atoms with Crippen LogP contribution in [-0.2, 0) is 6.54 Å². The number of aromatic nitrogens is 2. The van der Waals surface area contributed by atoms with Crippen LogP contribution in [0.15, 0.2) is 30.7 Å². The van der Waals surface area contributed by atoms with Crippen molar-refractivity contribution in [3.05, 3.63) is 52.8 Å². The average Bonchev–Trinajstić information content (AvgIpc) is 3.04. The van der Waals surface area contributed by atoms with E-state index in [9.17, 15) is 4.39 Å². The smallest absolute Gasteiger partial charge is 0.141 e. The van der Waals surface area contributed by atoms with Gasteiger partial charge >= 0.3 is 0 Å². The molecule has 1 aromatic carbocycles. The van der Waals surface area contributed by atoms with Crippen LogP contribution in [0.5, 0.6) is 0 Å². The Morgan fingerprint density at radius 1 is 1.47 bits per heavy atom. The molecule has 3 nitrogen and oxygen atoms in total. The van der Waals surface area contributed by atoms with Crippen molar-refractivity contribution in [3.8, 4) is 0 Å². The van der Waals surface area contributed by atoms with Crippen molar-refractivity contribution in [2.75, 3.05) is 6.54 Å². The van der Waals surface area contributed by atoms with Gasteiger partial charge in [-0.15, -0.1) is 0 Å². The third-order valence-corrected chi connectivity index (χ3v) is 3.79. The highest BCUT2D eigenvalue weighted by Crippen LogP contribution is 2.24. The predicted octanol–water partition coefficient (Wildman–Crippen LogP) is 3.15.